The number of benzene rings is 1. The van der Waals surface area contributed by atoms with Gasteiger partial charge in [0, 0.05) is 6.54 Å². The van der Waals surface area contributed by atoms with Crippen LogP contribution < -0.4 is 11.1 Å². The molecule has 13 heavy (non-hydrogen) atoms. The molecule has 0 fully saturated rings. The number of primary amides is 1. The molecule has 0 radical (unpaired) electrons. The third-order valence-corrected chi connectivity index (χ3v) is 1.52. The minimum absolute atomic E-state index is 0.108. The molecule has 0 spiro atoms. The highest BCUT2D eigenvalue weighted by molar-refractivity contribution is 5.75. The fourth-order valence-corrected chi connectivity index (χ4v) is 0.977. The second-order valence-electron chi connectivity index (χ2n) is 2.70. The molecule has 1 rings (SSSR count). The van der Waals surface area contributed by atoms with E-state index in [1.54, 1.807) is 12.1 Å². The Kier molecular flexibility index (Phi) is 3.40. The maximum Gasteiger partial charge on any atom is 0.231 e. The maximum atomic E-state index is 12.6. The number of carbonyl (C=O) groups is 1. The van der Waals surface area contributed by atoms with Crippen LogP contribution in [0.4, 0.5) is 4.39 Å². The number of amides is 1. The van der Waals surface area contributed by atoms with Crippen LogP contribution in [0.3, 0.4) is 0 Å². The van der Waals surface area contributed by atoms with Crippen molar-refractivity contribution in [3.8, 4) is 0 Å². The summed E-state index contributed by atoms with van der Waals surface area (Å²) < 4.78 is 12.6. The zero-order valence-corrected chi connectivity index (χ0v) is 7.09. The van der Waals surface area contributed by atoms with Gasteiger partial charge in [0.05, 0.1) is 6.54 Å². The zero-order valence-electron chi connectivity index (χ0n) is 7.09. The Bertz CT molecular complexity index is 301. The second kappa shape index (κ2) is 4.57. The minimum atomic E-state index is -0.420. The lowest BCUT2D eigenvalue weighted by Gasteiger charge is -2.01. The predicted octanol–water partition coefficient (Wildman–Crippen LogP) is 0.401. The number of hydrogen-bond acceptors (Lipinski definition) is 2. The Balaban J connectivity index is 2.41. The van der Waals surface area contributed by atoms with E-state index in [0.29, 0.717) is 6.54 Å². The summed E-state index contributed by atoms with van der Waals surface area (Å²) in [7, 11) is 0. The maximum absolute atomic E-state index is 12.6. The Labute approximate surface area is 75.7 Å². The molecule has 0 aliphatic heterocycles. The molecule has 0 unspecified atom stereocenters. The minimum Gasteiger partial charge on any atom is -0.369 e. The molecule has 3 N–H and O–H groups in total. The van der Waals surface area contributed by atoms with Crippen molar-refractivity contribution >= 4 is 5.91 Å². The summed E-state index contributed by atoms with van der Waals surface area (Å²) in [6.45, 7) is 0.553. The first-order valence-electron chi connectivity index (χ1n) is 3.92. The van der Waals surface area contributed by atoms with Crippen molar-refractivity contribution in [2.24, 2.45) is 5.73 Å². The van der Waals surface area contributed by atoms with Crippen molar-refractivity contribution in [2.75, 3.05) is 6.54 Å². The Morgan fingerprint density at radius 2 is 2.31 bits per heavy atom. The van der Waals surface area contributed by atoms with Gasteiger partial charge in [-0.3, -0.25) is 4.79 Å². The predicted molar refractivity (Wildman–Crippen MR) is 47.3 cm³/mol. The number of rotatable bonds is 4. The molecular formula is C9H11FN2O. The van der Waals surface area contributed by atoms with Gasteiger partial charge in [-0.2, -0.15) is 0 Å². The summed E-state index contributed by atoms with van der Waals surface area (Å²) in [6.07, 6.45) is 0. The van der Waals surface area contributed by atoms with Crippen LogP contribution in [0.25, 0.3) is 0 Å². The molecule has 0 aromatic heterocycles. The van der Waals surface area contributed by atoms with Gasteiger partial charge in [-0.25, -0.2) is 4.39 Å². The van der Waals surface area contributed by atoms with E-state index in [1.807, 2.05) is 0 Å². The van der Waals surface area contributed by atoms with Gasteiger partial charge in [0.25, 0.3) is 0 Å². The van der Waals surface area contributed by atoms with E-state index >= 15 is 0 Å². The average molecular weight is 182 g/mol. The molecule has 1 aromatic carbocycles. The van der Waals surface area contributed by atoms with Crippen molar-refractivity contribution in [3.63, 3.8) is 0 Å². The normalized spacial score (nSPS) is 9.92. The zero-order chi connectivity index (χ0) is 9.68. The quantitative estimate of drug-likeness (QED) is 0.708. The molecule has 1 amide bonds. The standard InChI is InChI=1S/C9H11FN2O/c10-8-3-1-2-7(4-8)5-12-6-9(11)13/h1-4,12H,5-6H2,(H2,11,13). The molecule has 1 aromatic rings. The molecule has 0 saturated carbocycles. The van der Waals surface area contributed by atoms with Crippen LogP contribution in [0.15, 0.2) is 24.3 Å². The Hall–Kier alpha value is -1.42. The highest BCUT2D eigenvalue weighted by atomic mass is 19.1. The summed E-state index contributed by atoms with van der Waals surface area (Å²) in [5.41, 5.74) is 5.70. The largest absolute Gasteiger partial charge is 0.369 e. The van der Waals surface area contributed by atoms with Gasteiger partial charge < -0.3 is 11.1 Å². The van der Waals surface area contributed by atoms with E-state index in [1.165, 1.54) is 12.1 Å². The van der Waals surface area contributed by atoms with Crippen LogP contribution in [0.1, 0.15) is 5.56 Å². The van der Waals surface area contributed by atoms with Gasteiger partial charge in [0.2, 0.25) is 5.91 Å². The fraction of sp³-hybridized carbons (Fsp3) is 0.222. The first-order valence-corrected chi connectivity index (χ1v) is 3.92. The van der Waals surface area contributed by atoms with Crippen molar-refractivity contribution in [3.05, 3.63) is 35.6 Å². The van der Waals surface area contributed by atoms with Crippen LogP contribution in [-0.2, 0) is 11.3 Å². The summed E-state index contributed by atoms with van der Waals surface area (Å²) in [5, 5.41) is 2.79. The smallest absolute Gasteiger partial charge is 0.231 e. The van der Waals surface area contributed by atoms with Crippen molar-refractivity contribution in [2.45, 2.75) is 6.54 Å². The van der Waals surface area contributed by atoms with Crippen LogP contribution >= 0.6 is 0 Å². The van der Waals surface area contributed by atoms with Crippen LogP contribution in [-0.4, -0.2) is 12.5 Å². The number of hydrogen-bond donors (Lipinski definition) is 2. The SMILES string of the molecule is NC(=O)CNCc1cccc(F)c1. The lowest BCUT2D eigenvalue weighted by molar-refractivity contribution is -0.117. The van der Waals surface area contributed by atoms with Gasteiger partial charge in [-0.05, 0) is 17.7 Å². The summed E-state index contributed by atoms with van der Waals surface area (Å²) >= 11 is 0. The van der Waals surface area contributed by atoms with E-state index in [2.05, 4.69) is 5.32 Å². The van der Waals surface area contributed by atoms with E-state index in [9.17, 15) is 9.18 Å². The average Bonchev–Trinajstić information content (AvgIpc) is 2.03. The Morgan fingerprint density at radius 3 is 2.92 bits per heavy atom. The summed E-state index contributed by atoms with van der Waals surface area (Å²) in [6, 6.07) is 6.18. The Morgan fingerprint density at radius 1 is 1.54 bits per heavy atom. The molecule has 3 nitrogen and oxygen atoms in total. The van der Waals surface area contributed by atoms with Gasteiger partial charge in [0.15, 0.2) is 0 Å². The van der Waals surface area contributed by atoms with Gasteiger partial charge in [-0.15, -0.1) is 0 Å². The molecule has 4 heteroatoms. The lowest BCUT2D eigenvalue weighted by atomic mass is 10.2. The van der Waals surface area contributed by atoms with Crippen molar-refractivity contribution < 1.29 is 9.18 Å². The van der Waals surface area contributed by atoms with E-state index in [0.717, 1.165) is 5.56 Å². The summed E-state index contributed by atoms with van der Waals surface area (Å²) in [4.78, 5) is 10.3. The lowest BCUT2D eigenvalue weighted by Crippen LogP contribution is -2.28. The van der Waals surface area contributed by atoms with Gasteiger partial charge in [0.1, 0.15) is 5.82 Å². The number of carbonyl (C=O) groups excluding carboxylic acids is 1. The van der Waals surface area contributed by atoms with Crippen molar-refractivity contribution in [1.82, 2.24) is 5.32 Å². The third kappa shape index (κ3) is 3.66. The molecule has 0 aliphatic carbocycles. The monoisotopic (exact) mass is 182 g/mol. The highest BCUT2D eigenvalue weighted by Crippen LogP contribution is 2.02. The van der Waals surface area contributed by atoms with Crippen molar-refractivity contribution in [1.29, 1.82) is 0 Å². The summed E-state index contributed by atoms with van der Waals surface area (Å²) in [5.74, 6) is -0.699. The first kappa shape index (κ1) is 9.67. The first-order chi connectivity index (χ1) is 6.18. The molecule has 0 aliphatic rings. The van der Waals surface area contributed by atoms with Crippen LogP contribution in [0.5, 0.6) is 0 Å². The van der Waals surface area contributed by atoms with Crippen LogP contribution in [0.2, 0.25) is 0 Å². The fourth-order valence-electron chi connectivity index (χ4n) is 0.977. The molecule has 0 saturated heterocycles. The third-order valence-electron chi connectivity index (χ3n) is 1.52. The van der Waals surface area contributed by atoms with E-state index in [-0.39, 0.29) is 12.4 Å². The number of halogens is 1. The highest BCUT2D eigenvalue weighted by Gasteiger charge is 1.96. The van der Waals surface area contributed by atoms with E-state index < -0.39 is 5.91 Å². The van der Waals surface area contributed by atoms with Gasteiger partial charge >= 0.3 is 0 Å². The second-order valence-corrected chi connectivity index (χ2v) is 2.70. The molecule has 70 valence electrons. The molecule has 0 heterocycles. The number of nitrogens with one attached hydrogen (secondary N) is 1. The van der Waals surface area contributed by atoms with Gasteiger partial charge in [-0.1, -0.05) is 12.1 Å². The molecule has 0 atom stereocenters. The van der Waals surface area contributed by atoms with Crippen LogP contribution in [0, 0.1) is 5.82 Å². The molecular weight excluding hydrogens is 171 g/mol. The van der Waals surface area contributed by atoms with E-state index in [4.69, 9.17) is 5.73 Å². The molecule has 0 bridgehead atoms. The topological polar surface area (TPSA) is 55.1 Å². The number of nitrogens with two attached hydrogens (primary N) is 1.